The van der Waals surface area contributed by atoms with E-state index in [4.69, 9.17) is 10.5 Å². The van der Waals surface area contributed by atoms with E-state index in [1.165, 1.54) is 6.07 Å². The van der Waals surface area contributed by atoms with Crippen LogP contribution in [-0.4, -0.2) is 11.1 Å². The third kappa shape index (κ3) is 3.16. The molecular formula is C11H15NO3. The third-order valence-corrected chi connectivity index (χ3v) is 1.94. The molecule has 0 heterocycles. The number of phenols is 1. The summed E-state index contributed by atoms with van der Waals surface area (Å²) in [7, 11) is 0. The van der Waals surface area contributed by atoms with E-state index in [9.17, 15) is 9.90 Å². The number of nitrogens with two attached hydrogens (primary N) is 1. The van der Waals surface area contributed by atoms with Gasteiger partial charge in [0.05, 0.1) is 11.6 Å². The van der Waals surface area contributed by atoms with E-state index in [1.807, 2.05) is 0 Å². The molecule has 4 heteroatoms. The standard InChI is InChI=1S/C11H15NO3/c1-7(2)11(14)15-6-8-3-4-10(13)9(12)5-8/h3-5,7,13H,6,12H2,1-2H3. The number of rotatable bonds is 3. The Labute approximate surface area is 88.7 Å². The van der Waals surface area contributed by atoms with Gasteiger partial charge in [-0.2, -0.15) is 0 Å². The van der Waals surface area contributed by atoms with Gasteiger partial charge in [0.1, 0.15) is 12.4 Å². The molecule has 1 rings (SSSR count). The van der Waals surface area contributed by atoms with Crippen molar-refractivity contribution in [3.05, 3.63) is 23.8 Å². The Balaban J connectivity index is 2.58. The number of hydrogen-bond donors (Lipinski definition) is 2. The van der Waals surface area contributed by atoms with Crippen LogP contribution in [0.25, 0.3) is 0 Å². The fourth-order valence-corrected chi connectivity index (χ4v) is 1.01. The lowest BCUT2D eigenvalue weighted by atomic mass is 10.2. The monoisotopic (exact) mass is 209 g/mol. The SMILES string of the molecule is CC(C)C(=O)OCc1ccc(O)c(N)c1. The van der Waals surface area contributed by atoms with Crippen molar-refractivity contribution in [2.45, 2.75) is 20.5 Å². The molecule has 0 spiro atoms. The second kappa shape index (κ2) is 4.68. The minimum absolute atomic E-state index is 0.0361. The molecule has 3 N–H and O–H groups in total. The van der Waals surface area contributed by atoms with Gasteiger partial charge in [-0.15, -0.1) is 0 Å². The van der Waals surface area contributed by atoms with Gasteiger partial charge >= 0.3 is 5.97 Å². The highest BCUT2D eigenvalue weighted by molar-refractivity contribution is 5.71. The summed E-state index contributed by atoms with van der Waals surface area (Å²) in [6.45, 7) is 3.72. The first-order valence-electron chi connectivity index (χ1n) is 4.74. The number of nitrogen functional groups attached to an aromatic ring is 1. The zero-order chi connectivity index (χ0) is 11.4. The summed E-state index contributed by atoms with van der Waals surface area (Å²) in [4.78, 5) is 11.2. The number of benzene rings is 1. The van der Waals surface area contributed by atoms with Gasteiger partial charge in [0.15, 0.2) is 0 Å². The van der Waals surface area contributed by atoms with Crippen molar-refractivity contribution in [3.8, 4) is 5.75 Å². The normalized spacial score (nSPS) is 10.3. The van der Waals surface area contributed by atoms with Crippen LogP contribution >= 0.6 is 0 Å². The Morgan fingerprint density at radius 2 is 2.20 bits per heavy atom. The minimum atomic E-state index is -0.248. The van der Waals surface area contributed by atoms with Crippen LogP contribution in [0.1, 0.15) is 19.4 Å². The van der Waals surface area contributed by atoms with E-state index < -0.39 is 0 Å². The Hall–Kier alpha value is -1.71. The molecule has 0 radical (unpaired) electrons. The molecule has 0 saturated heterocycles. The summed E-state index contributed by atoms with van der Waals surface area (Å²) in [5, 5.41) is 9.18. The summed E-state index contributed by atoms with van der Waals surface area (Å²) < 4.78 is 5.01. The topological polar surface area (TPSA) is 72.5 Å². The smallest absolute Gasteiger partial charge is 0.308 e. The lowest BCUT2D eigenvalue weighted by Crippen LogP contribution is -2.11. The molecule has 0 aliphatic rings. The number of hydrogen-bond acceptors (Lipinski definition) is 4. The lowest BCUT2D eigenvalue weighted by molar-refractivity contribution is -0.148. The summed E-state index contributed by atoms with van der Waals surface area (Å²) in [5.41, 5.74) is 6.54. The Bertz CT molecular complexity index is 361. The zero-order valence-corrected chi connectivity index (χ0v) is 8.86. The highest BCUT2D eigenvalue weighted by Crippen LogP contribution is 2.20. The predicted octanol–water partition coefficient (Wildman–Crippen LogP) is 1.67. The number of esters is 1. The van der Waals surface area contributed by atoms with Gasteiger partial charge in [0.25, 0.3) is 0 Å². The summed E-state index contributed by atoms with van der Waals surface area (Å²) in [6.07, 6.45) is 0. The van der Waals surface area contributed by atoms with Crippen LogP contribution in [0.2, 0.25) is 0 Å². The van der Waals surface area contributed by atoms with Gasteiger partial charge in [0.2, 0.25) is 0 Å². The Morgan fingerprint density at radius 3 is 2.73 bits per heavy atom. The number of carbonyl (C=O) groups excluding carboxylic acids is 1. The molecule has 0 atom stereocenters. The van der Waals surface area contributed by atoms with E-state index in [1.54, 1.807) is 26.0 Å². The fraction of sp³-hybridized carbons (Fsp3) is 0.364. The van der Waals surface area contributed by atoms with Crippen LogP contribution in [0.5, 0.6) is 5.75 Å². The maximum Gasteiger partial charge on any atom is 0.308 e. The number of aromatic hydroxyl groups is 1. The van der Waals surface area contributed by atoms with Crippen molar-refractivity contribution in [1.82, 2.24) is 0 Å². The second-order valence-electron chi connectivity index (χ2n) is 3.66. The molecule has 1 aromatic rings. The maximum atomic E-state index is 11.2. The molecule has 0 aliphatic carbocycles. The fourth-order valence-electron chi connectivity index (χ4n) is 1.01. The highest BCUT2D eigenvalue weighted by Gasteiger charge is 2.08. The lowest BCUT2D eigenvalue weighted by Gasteiger charge is -2.08. The van der Waals surface area contributed by atoms with Gasteiger partial charge < -0.3 is 15.6 Å². The predicted molar refractivity (Wildman–Crippen MR) is 57.2 cm³/mol. The Kier molecular flexibility index (Phi) is 3.55. The van der Waals surface area contributed by atoms with Gasteiger partial charge in [-0.3, -0.25) is 4.79 Å². The number of anilines is 1. The van der Waals surface area contributed by atoms with Crippen molar-refractivity contribution >= 4 is 11.7 Å². The van der Waals surface area contributed by atoms with Gasteiger partial charge in [0, 0.05) is 0 Å². The van der Waals surface area contributed by atoms with E-state index in [2.05, 4.69) is 0 Å². The minimum Gasteiger partial charge on any atom is -0.506 e. The molecule has 0 bridgehead atoms. The molecule has 82 valence electrons. The van der Waals surface area contributed by atoms with Gasteiger partial charge in [-0.05, 0) is 17.7 Å². The van der Waals surface area contributed by atoms with E-state index >= 15 is 0 Å². The van der Waals surface area contributed by atoms with Crippen LogP contribution in [0.3, 0.4) is 0 Å². The van der Waals surface area contributed by atoms with Crippen LogP contribution in [0.4, 0.5) is 5.69 Å². The summed E-state index contributed by atoms with van der Waals surface area (Å²) >= 11 is 0. The molecule has 0 unspecified atom stereocenters. The van der Waals surface area contributed by atoms with Crippen molar-refractivity contribution in [2.24, 2.45) is 5.92 Å². The van der Waals surface area contributed by atoms with E-state index in [-0.39, 0.29) is 29.9 Å². The molecule has 4 nitrogen and oxygen atoms in total. The van der Waals surface area contributed by atoms with Crippen molar-refractivity contribution in [3.63, 3.8) is 0 Å². The first-order chi connectivity index (χ1) is 7.00. The van der Waals surface area contributed by atoms with Crippen molar-refractivity contribution in [1.29, 1.82) is 0 Å². The third-order valence-electron chi connectivity index (χ3n) is 1.94. The van der Waals surface area contributed by atoms with Gasteiger partial charge in [-0.25, -0.2) is 0 Å². The molecule has 0 aliphatic heterocycles. The van der Waals surface area contributed by atoms with E-state index in [0.29, 0.717) is 0 Å². The van der Waals surface area contributed by atoms with Crippen molar-refractivity contribution in [2.75, 3.05) is 5.73 Å². The molecular weight excluding hydrogens is 194 g/mol. The van der Waals surface area contributed by atoms with Crippen LogP contribution < -0.4 is 5.73 Å². The molecule has 15 heavy (non-hydrogen) atoms. The molecule has 1 aromatic carbocycles. The first kappa shape index (κ1) is 11.4. The largest absolute Gasteiger partial charge is 0.506 e. The summed E-state index contributed by atoms with van der Waals surface area (Å²) in [5.74, 6) is -0.352. The molecule has 0 saturated carbocycles. The Morgan fingerprint density at radius 1 is 1.53 bits per heavy atom. The number of carbonyl (C=O) groups is 1. The summed E-state index contributed by atoms with van der Waals surface area (Å²) in [6, 6.07) is 4.73. The van der Waals surface area contributed by atoms with Crippen LogP contribution in [0, 0.1) is 5.92 Å². The quantitative estimate of drug-likeness (QED) is 0.451. The molecule has 0 aromatic heterocycles. The highest BCUT2D eigenvalue weighted by atomic mass is 16.5. The molecule has 0 amide bonds. The first-order valence-corrected chi connectivity index (χ1v) is 4.74. The average Bonchev–Trinajstić information content (AvgIpc) is 2.19. The number of ether oxygens (including phenoxy) is 1. The van der Waals surface area contributed by atoms with Crippen LogP contribution in [0.15, 0.2) is 18.2 Å². The maximum absolute atomic E-state index is 11.2. The average molecular weight is 209 g/mol. The number of phenolic OH excluding ortho intramolecular Hbond substituents is 1. The zero-order valence-electron chi connectivity index (χ0n) is 8.86. The van der Waals surface area contributed by atoms with Crippen molar-refractivity contribution < 1.29 is 14.6 Å². The van der Waals surface area contributed by atoms with Gasteiger partial charge in [-0.1, -0.05) is 19.9 Å². The second-order valence-corrected chi connectivity index (χ2v) is 3.66. The molecule has 0 fully saturated rings. The van der Waals surface area contributed by atoms with E-state index in [0.717, 1.165) is 5.56 Å². The van der Waals surface area contributed by atoms with Crippen LogP contribution in [-0.2, 0) is 16.1 Å².